The maximum atomic E-state index is 12.2. The predicted octanol–water partition coefficient (Wildman–Crippen LogP) is 2.07. The van der Waals surface area contributed by atoms with E-state index in [1.807, 2.05) is 0 Å². The summed E-state index contributed by atoms with van der Waals surface area (Å²) in [5.41, 5.74) is 0.719. The molecule has 98 valence electrons. The maximum absolute atomic E-state index is 12.2. The zero-order valence-electron chi connectivity index (χ0n) is 10.7. The van der Waals surface area contributed by atoms with Crippen LogP contribution in [0.5, 0.6) is 11.5 Å². The Bertz CT molecular complexity index is 581. The van der Waals surface area contributed by atoms with Gasteiger partial charge in [0.25, 0.3) is 5.91 Å². The van der Waals surface area contributed by atoms with Crippen molar-refractivity contribution >= 4 is 11.6 Å². The topological polar surface area (TPSA) is 62.7 Å². The Kier molecular flexibility index (Phi) is 3.66. The summed E-state index contributed by atoms with van der Waals surface area (Å²) in [5.74, 6) is 0.210. The van der Waals surface area contributed by atoms with E-state index in [1.165, 1.54) is 17.2 Å². The molecular weight excluding hydrogens is 244 g/mol. The standard InChI is InChI=1S/C14H14N2O3/c1-16(10-5-7-11(19-2)8-6-10)14(18)13-12(17)4-3-9-15-13/h3-9,17H,1-2H3. The summed E-state index contributed by atoms with van der Waals surface area (Å²) in [6, 6.07) is 10.0. The molecule has 2 aromatic rings. The maximum Gasteiger partial charge on any atom is 0.280 e. The van der Waals surface area contributed by atoms with Crippen LogP contribution in [0, 0.1) is 0 Å². The summed E-state index contributed by atoms with van der Waals surface area (Å²) < 4.78 is 5.06. The fourth-order valence-corrected chi connectivity index (χ4v) is 1.64. The molecule has 5 heteroatoms. The molecule has 1 aromatic carbocycles. The summed E-state index contributed by atoms with van der Waals surface area (Å²) >= 11 is 0. The summed E-state index contributed by atoms with van der Waals surface area (Å²) in [6.07, 6.45) is 1.47. The number of hydrogen-bond donors (Lipinski definition) is 1. The quantitative estimate of drug-likeness (QED) is 0.915. The first kappa shape index (κ1) is 12.9. The van der Waals surface area contributed by atoms with Gasteiger partial charge in [-0.15, -0.1) is 0 Å². The van der Waals surface area contributed by atoms with Gasteiger partial charge in [-0.2, -0.15) is 0 Å². The van der Waals surface area contributed by atoms with E-state index in [-0.39, 0.29) is 17.4 Å². The number of aromatic nitrogens is 1. The Balaban J connectivity index is 2.26. The summed E-state index contributed by atoms with van der Waals surface area (Å²) in [5, 5.41) is 9.63. The molecule has 5 nitrogen and oxygen atoms in total. The number of methoxy groups -OCH3 is 1. The smallest absolute Gasteiger partial charge is 0.280 e. The van der Waals surface area contributed by atoms with E-state index in [0.29, 0.717) is 11.4 Å². The van der Waals surface area contributed by atoms with Crippen LogP contribution in [-0.2, 0) is 0 Å². The number of nitrogens with zero attached hydrogens (tertiary/aromatic N) is 2. The van der Waals surface area contributed by atoms with E-state index in [2.05, 4.69) is 4.98 Å². The number of carbonyl (C=O) groups excluding carboxylic acids is 1. The molecular formula is C14H14N2O3. The monoisotopic (exact) mass is 258 g/mol. The number of anilines is 1. The van der Waals surface area contributed by atoms with E-state index >= 15 is 0 Å². The zero-order chi connectivity index (χ0) is 13.8. The number of benzene rings is 1. The number of pyridine rings is 1. The molecule has 1 amide bonds. The van der Waals surface area contributed by atoms with Crippen LogP contribution in [0.3, 0.4) is 0 Å². The highest BCUT2D eigenvalue weighted by Crippen LogP contribution is 2.21. The minimum absolute atomic E-state index is 0.0285. The highest BCUT2D eigenvalue weighted by molar-refractivity contribution is 6.06. The normalized spacial score (nSPS) is 10.0. The molecule has 1 N–H and O–H groups in total. The van der Waals surface area contributed by atoms with Crippen LogP contribution in [0.1, 0.15) is 10.5 Å². The van der Waals surface area contributed by atoms with Crippen molar-refractivity contribution in [2.75, 3.05) is 19.1 Å². The third-order valence-corrected chi connectivity index (χ3v) is 2.75. The van der Waals surface area contributed by atoms with Gasteiger partial charge < -0.3 is 14.7 Å². The van der Waals surface area contributed by atoms with E-state index in [1.54, 1.807) is 44.5 Å². The third-order valence-electron chi connectivity index (χ3n) is 2.75. The van der Waals surface area contributed by atoms with Gasteiger partial charge in [0, 0.05) is 18.9 Å². The Morgan fingerprint density at radius 2 is 1.95 bits per heavy atom. The highest BCUT2D eigenvalue weighted by atomic mass is 16.5. The fourth-order valence-electron chi connectivity index (χ4n) is 1.64. The van der Waals surface area contributed by atoms with Gasteiger partial charge in [0.05, 0.1) is 7.11 Å². The molecule has 0 fully saturated rings. The lowest BCUT2D eigenvalue weighted by molar-refractivity contribution is 0.0985. The molecule has 0 aliphatic heterocycles. The van der Waals surface area contributed by atoms with Crippen molar-refractivity contribution in [3.63, 3.8) is 0 Å². The van der Waals surface area contributed by atoms with Crippen molar-refractivity contribution in [1.82, 2.24) is 4.98 Å². The van der Waals surface area contributed by atoms with Gasteiger partial charge in [-0.1, -0.05) is 0 Å². The molecule has 0 saturated carbocycles. The average Bonchev–Trinajstić information content (AvgIpc) is 2.46. The number of aromatic hydroxyl groups is 1. The Morgan fingerprint density at radius 1 is 1.26 bits per heavy atom. The average molecular weight is 258 g/mol. The first-order valence-electron chi connectivity index (χ1n) is 5.69. The fraction of sp³-hybridized carbons (Fsp3) is 0.143. The first-order chi connectivity index (χ1) is 9.13. The minimum atomic E-state index is -0.372. The molecule has 19 heavy (non-hydrogen) atoms. The van der Waals surface area contributed by atoms with Gasteiger partial charge in [0.1, 0.15) is 11.5 Å². The van der Waals surface area contributed by atoms with Crippen LogP contribution in [0.25, 0.3) is 0 Å². The Morgan fingerprint density at radius 3 is 2.53 bits per heavy atom. The van der Waals surface area contributed by atoms with E-state index < -0.39 is 0 Å². The van der Waals surface area contributed by atoms with Crippen LogP contribution in [0.2, 0.25) is 0 Å². The van der Waals surface area contributed by atoms with Gasteiger partial charge in [-0.25, -0.2) is 4.98 Å². The molecule has 0 bridgehead atoms. The van der Waals surface area contributed by atoms with Crippen molar-refractivity contribution in [1.29, 1.82) is 0 Å². The second-order valence-corrected chi connectivity index (χ2v) is 3.93. The zero-order valence-corrected chi connectivity index (χ0v) is 10.7. The molecule has 0 radical (unpaired) electrons. The Hall–Kier alpha value is -2.56. The van der Waals surface area contributed by atoms with Crippen LogP contribution >= 0.6 is 0 Å². The van der Waals surface area contributed by atoms with Crippen molar-refractivity contribution in [2.24, 2.45) is 0 Å². The highest BCUT2D eigenvalue weighted by Gasteiger charge is 2.18. The lowest BCUT2D eigenvalue weighted by atomic mass is 10.2. The number of amides is 1. The van der Waals surface area contributed by atoms with Gasteiger partial charge >= 0.3 is 0 Å². The molecule has 0 aliphatic rings. The first-order valence-corrected chi connectivity index (χ1v) is 5.69. The van der Waals surface area contributed by atoms with Crippen LogP contribution < -0.4 is 9.64 Å². The summed E-state index contributed by atoms with van der Waals surface area (Å²) in [6.45, 7) is 0. The molecule has 0 atom stereocenters. The van der Waals surface area contributed by atoms with Gasteiger partial charge in [0.2, 0.25) is 0 Å². The molecule has 1 aromatic heterocycles. The van der Waals surface area contributed by atoms with Crippen molar-refractivity contribution < 1.29 is 14.6 Å². The molecule has 0 unspecified atom stereocenters. The van der Waals surface area contributed by atoms with Gasteiger partial charge in [-0.3, -0.25) is 4.79 Å². The van der Waals surface area contributed by atoms with Gasteiger partial charge in [-0.05, 0) is 36.4 Å². The number of carbonyl (C=O) groups is 1. The number of hydrogen-bond acceptors (Lipinski definition) is 4. The largest absolute Gasteiger partial charge is 0.505 e. The number of rotatable bonds is 3. The Labute approximate surface area is 111 Å². The van der Waals surface area contributed by atoms with E-state index in [0.717, 1.165) is 0 Å². The third kappa shape index (κ3) is 2.65. The van der Waals surface area contributed by atoms with E-state index in [9.17, 15) is 9.90 Å². The molecule has 0 aliphatic carbocycles. The van der Waals surface area contributed by atoms with Crippen LogP contribution in [-0.4, -0.2) is 30.2 Å². The lowest BCUT2D eigenvalue weighted by Gasteiger charge is -2.17. The SMILES string of the molecule is COc1ccc(N(C)C(=O)c2ncccc2O)cc1. The minimum Gasteiger partial charge on any atom is -0.505 e. The van der Waals surface area contributed by atoms with Gasteiger partial charge in [0.15, 0.2) is 5.69 Å². The summed E-state index contributed by atoms with van der Waals surface area (Å²) in [7, 11) is 3.20. The predicted molar refractivity (Wildman–Crippen MR) is 71.6 cm³/mol. The molecule has 0 spiro atoms. The lowest BCUT2D eigenvalue weighted by Crippen LogP contribution is -2.27. The van der Waals surface area contributed by atoms with Crippen LogP contribution in [0.4, 0.5) is 5.69 Å². The van der Waals surface area contributed by atoms with Crippen molar-refractivity contribution in [3.8, 4) is 11.5 Å². The second-order valence-electron chi connectivity index (χ2n) is 3.93. The molecule has 0 saturated heterocycles. The van der Waals surface area contributed by atoms with Crippen molar-refractivity contribution in [3.05, 3.63) is 48.3 Å². The second kappa shape index (κ2) is 5.39. The van der Waals surface area contributed by atoms with Crippen molar-refractivity contribution in [2.45, 2.75) is 0 Å². The number of ether oxygens (including phenoxy) is 1. The van der Waals surface area contributed by atoms with Crippen LogP contribution in [0.15, 0.2) is 42.6 Å². The molecule has 2 rings (SSSR count). The molecule has 1 heterocycles. The summed E-state index contributed by atoms with van der Waals surface area (Å²) in [4.78, 5) is 17.5. The van der Waals surface area contributed by atoms with E-state index in [4.69, 9.17) is 4.74 Å².